The van der Waals surface area contributed by atoms with Crippen molar-refractivity contribution in [3.8, 4) is 11.8 Å². The SMILES string of the molecule is N#Cc1cccc(OC2CCCCC2)c1F. The molecule has 16 heavy (non-hydrogen) atoms. The molecule has 1 aromatic rings. The zero-order chi connectivity index (χ0) is 11.4. The highest BCUT2D eigenvalue weighted by molar-refractivity contribution is 5.38. The molecule has 0 bridgehead atoms. The molecule has 0 amide bonds. The second-order valence-electron chi connectivity index (χ2n) is 4.11. The summed E-state index contributed by atoms with van der Waals surface area (Å²) in [7, 11) is 0. The smallest absolute Gasteiger partial charge is 0.182 e. The molecule has 1 fully saturated rings. The van der Waals surface area contributed by atoms with Crippen molar-refractivity contribution in [1.82, 2.24) is 0 Å². The van der Waals surface area contributed by atoms with E-state index in [-0.39, 0.29) is 17.4 Å². The lowest BCUT2D eigenvalue weighted by Crippen LogP contribution is -2.20. The van der Waals surface area contributed by atoms with Crippen LogP contribution in [0.1, 0.15) is 37.7 Å². The summed E-state index contributed by atoms with van der Waals surface area (Å²) < 4.78 is 19.3. The second-order valence-corrected chi connectivity index (χ2v) is 4.11. The molecule has 1 aliphatic carbocycles. The third-order valence-corrected chi connectivity index (χ3v) is 2.93. The first-order valence-electron chi connectivity index (χ1n) is 5.66. The summed E-state index contributed by atoms with van der Waals surface area (Å²) in [4.78, 5) is 0. The largest absolute Gasteiger partial charge is 0.487 e. The highest BCUT2D eigenvalue weighted by Gasteiger charge is 2.17. The molecule has 0 aromatic heterocycles. The van der Waals surface area contributed by atoms with Crippen molar-refractivity contribution < 1.29 is 9.13 Å². The van der Waals surface area contributed by atoms with Gasteiger partial charge in [0.25, 0.3) is 0 Å². The Bertz CT molecular complexity index is 405. The molecule has 0 spiro atoms. The first kappa shape index (κ1) is 10.9. The fourth-order valence-corrected chi connectivity index (χ4v) is 2.05. The zero-order valence-corrected chi connectivity index (χ0v) is 9.08. The predicted octanol–water partition coefficient (Wildman–Crippen LogP) is 3.41. The van der Waals surface area contributed by atoms with Crippen LogP contribution in [0.15, 0.2) is 18.2 Å². The molecule has 1 aliphatic rings. The van der Waals surface area contributed by atoms with Crippen LogP contribution in [0.3, 0.4) is 0 Å². The lowest BCUT2D eigenvalue weighted by atomic mass is 9.98. The first-order chi connectivity index (χ1) is 7.81. The van der Waals surface area contributed by atoms with Gasteiger partial charge in [0.2, 0.25) is 0 Å². The van der Waals surface area contributed by atoms with E-state index in [1.54, 1.807) is 12.1 Å². The average molecular weight is 219 g/mol. The van der Waals surface area contributed by atoms with Gasteiger partial charge in [0.15, 0.2) is 11.6 Å². The maximum absolute atomic E-state index is 13.7. The Labute approximate surface area is 94.7 Å². The fourth-order valence-electron chi connectivity index (χ4n) is 2.05. The Morgan fingerprint density at radius 3 is 2.69 bits per heavy atom. The van der Waals surface area contributed by atoms with Crippen molar-refractivity contribution in [2.45, 2.75) is 38.2 Å². The summed E-state index contributed by atoms with van der Waals surface area (Å²) in [6.07, 6.45) is 5.60. The molecular weight excluding hydrogens is 205 g/mol. The van der Waals surface area contributed by atoms with Crippen LogP contribution in [0.2, 0.25) is 0 Å². The summed E-state index contributed by atoms with van der Waals surface area (Å²) in [5, 5.41) is 8.70. The van der Waals surface area contributed by atoms with E-state index in [4.69, 9.17) is 10.00 Å². The highest BCUT2D eigenvalue weighted by atomic mass is 19.1. The van der Waals surface area contributed by atoms with Crippen LogP contribution in [0.4, 0.5) is 4.39 Å². The lowest BCUT2D eigenvalue weighted by Gasteiger charge is -2.23. The number of halogens is 1. The van der Waals surface area contributed by atoms with Gasteiger partial charge in [-0.15, -0.1) is 0 Å². The van der Waals surface area contributed by atoms with Crippen molar-refractivity contribution in [2.24, 2.45) is 0 Å². The molecule has 0 heterocycles. The highest BCUT2D eigenvalue weighted by Crippen LogP contribution is 2.26. The van der Waals surface area contributed by atoms with Crippen LogP contribution in [0.25, 0.3) is 0 Å². The molecule has 0 radical (unpaired) electrons. The Morgan fingerprint density at radius 1 is 1.25 bits per heavy atom. The molecule has 1 saturated carbocycles. The van der Waals surface area contributed by atoms with Crippen LogP contribution < -0.4 is 4.74 Å². The molecule has 0 atom stereocenters. The van der Waals surface area contributed by atoms with E-state index in [9.17, 15) is 4.39 Å². The van der Waals surface area contributed by atoms with Crippen molar-refractivity contribution in [2.75, 3.05) is 0 Å². The topological polar surface area (TPSA) is 33.0 Å². The van der Waals surface area contributed by atoms with E-state index in [2.05, 4.69) is 0 Å². The van der Waals surface area contributed by atoms with Crippen LogP contribution in [0, 0.1) is 17.1 Å². The second kappa shape index (κ2) is 4.98. The normalized spacial score (nSPS) is 16.8. The minimum absolute atomic E-state index is 0.0494. The molecule has 84 valence electrons. The number of benzene rings is 1. The number of rotatable bonds is 2. The fraction of sp³-hybridized carbons (Fsp3) is 0.462. The van der Waals surface area contributed by atoms with Crippen molar-refractivity contribution in [1.29, 1.82) is 5.26 Å². The number of ether oxygens (including phenoxy) is 1. The van der Waals surface area contributed by atoms with Gasteiger partial charge in [0.05, 0.1) is 11.7 Å². The predicted molar refractivity (Wildman–Crippen MR) is 58.6 cm³/mol. The van der Waals surface area contributed by atoms with Gasteiger partial charge in [-0.2, -0.15) is 5.26 Å². The Hall–Kier alpha value is -1.56. The average Bonchev–Trinajstić information content (AvgIpc) is 2.33. The third-order valence-electron chi connectivity index (χ3n) is 2.93. The minimum Gasteiger partial charge on any atom is -0.487 e. The Balaban J connectivity index is 2.12. The van der Waals surface area contributed by atoms with Crippen LogP contribution in [-0.2, 0) is 0 Å². The first-order valence-corrected chi connectivity index (χ1v) is 5.66. The van der Waals surface area contributed by atoms with E-state index in [0.29, 0.717) is 0 Å². The molecule has 2 rings (SSSR count). The standard InChI is InChI=1S/C13H14FNO/c14-13-10(9-15)5-4-8-12(13)16-11-6-2-1-3-7-11/h4-5,8,11H,1-3,6-7H2. The van der Waals surface area contributed by atoms with E-state index < -0.39 is 5.82 Å². The molecule has 0 saturated heterocycles. The molecule has 0 aliphatic heterocycles. The van der Waals surface area contributed by atoms with Gasteiger partial charge in [0.1, 0.15) is 6.07 Å². The number of nitrogens with zero attached hydrogens (tertiary/aromatic N) is 1. The maximum atomic E-state index is 13.7. The third kappa shape index (κ3) is 2.33. The van der Waals surface area contributed by atoms with Crippen LogP contribution >= 0.6 is 0 Å². The summed E-state index contributed by atoms with van der Waals surface area (Å²) in [6.45, 7) is 0. The van der Waals surface area contributed by atoms with Crippen LogP contribution in [-0.4, -0.2) is 6.10 Å². The van der Waals surface area contributed by atoms with E-state index >= 15 is 0 Å². The quantitative estimate of drug-likeness (QED) is 0.763. The minimum atomic E-state index is -0.532. The zero-order valence-electron chi connectivity index (χ0n) is 9.08. The Morgan fingerprint density at radius 2 is 2.00 bits per heavy atom. The maximum Gasteiger partial charge on any atom is 0.182 e. The summed E-state index contributed by atoms with van der Waals surface area (Å²) in [5.41, 5.74) is 0.0494. The van der Waals surface area contributed by atoms with Crippen molar-refractivity contribution in [3.63, 3.8) is 0 Å². The molecular formula is C13H14FNO. The van der Waals surface area contributed by atoms with E-state index in [0.717, 1.165) is 25.7 Å². The molecule has 2 nitrogen and oxygen atoms in total. The summed E-state index contributed by atoms with van der Waals surface area (Å²) >= 11 is 0. The monoisotopic (exact) mass is 219 g/mol. The van der Waals surface area contributed by atoms with Gasteiger partial charge in [-0.25, -0.2) is 4.39 Å². The number of hydrogen-bond donors (Lipinski definition) is 0. The van der Waals surface area contributed by atoms with Gasteiger partial charge in [-0.3, -0.25) is 0 Å². The van der Waals surface area contributed by atoms with Gasteiger partial charge in [0, 0.05) is 0 Å². The Kier molecular flexibility index (Phi) is 3.40. The van der Waals surface area contributed by atoms with Crippen molar-refractivity contribution >= 4 is 0 Å². The molecule has 1 aromatic carbocycles. The molecule has 0 N–H and O–H groups in total. The number of nitriles is 1. The van der Waals surface area contributed by atoms with Crippen molar-refractivity contribution in [3.05, 3.63) is 29.6 Å². The van der Waals surface area contributed by atoms with E-state index in [1.165, 1.54) is 12.5 Å². The van der Waals surface area contributed by atoms with Gasteiger partial charge >= 0.3 is 0 Å². The summed E-state index contributed by atoms with van der Waals surface area (Å²) in [5.74, 6) is -0.318. The summed E-state index contributed by atoms with van der Waals surface area (Å²) in [6, 6.07) is 6.52. The molecule has 0 unspecified atom stereocenters. The number of hydrogen-bond acceptors (Lipinski definition) is 2. The van der Waals surface area contributed by atoms with Gasteiger partial charge in [-0.1, -0.05) is 12.5 Å². The lowest BCUT2D eigenvalue weighted by molar-refractivity contribution is 0.148. The molecule has 3 heteroatoms. The van der Waals surface area contributed by atoms with Gasteiger partial charge < -0.3 is 4.74 Å². The van der Waals surface area contributed by atoms with Gasteiger partial charge in [-0.05, 0) is 37.8 Å². The van der Waals surface area contributed by atoms with E-state index in [1.807, 2.05) is 6.07 Å². The van der Waals surface area contributed by atoms with Crippen LogP contribution in [0.5, 0.6) is 5.75 Å².